The number of carbonyl (C=O) groups excluding carboxylic acids is 2. The van der Waals surface area contributed by atoms with Crippen LogP contribution in [-0.4, -0.2) is 27.5 Å². The third kappa shape index (κ3) is 6.15. The van der Waals surface area contributed by atoms with Gasteiger partial charge in [0.2, 0.25) is 11.8 Å². The van der Waals surface area contributed by atoms with Gasteiger partial charge in [-0.25, -0.2) is 9.18 Å². The summed E-state index contributed by atoms with van der Waals surface area (Å²) in [4.78, 5) is 50.3. The molecule has 2 N–H and O–H groups in total. The first-order chi connectivity index (χ1) is 15.9. The summed E-state index contributed by atoms with van der Waals surface area (Å²) < 4.78 is 15.4. The number of rotatable bonds is 10. The first kappa shape index (κ1) is 23.9. The lowest BCUT2D eigenvalue weighted by molar-refractivity contribution is -0.121. The Kier molecular flexibility index (Phi) is 8.12. The minimum absolute atomic E-state index is 0.128. The number of halogens is 1. The van der Waals surface area contributed by atoms with Gasteiger partial charge in [-0.15, -0.1) is 0 Å². The third-order valence-corrected chi connectivity index (χ3v) is 5.17. The predicted octanol–water partition coefficient (Wildman–Crippen LogP) is 2.64. The Morgan fingerprint density at radius 2 is 1.67 bits per heavy atom. The van der Waals surface area contributed by atoms with Crippen LogP contribution in [0.4, 0.5) is 10.1 Å². The molecule has 8 nitrogen and oxygen atoms in total. The molecule has 0 bridgehead atoms. The molecule has 0 radical (unpaired) electrons. The smallest absolute Gasteiger partial charge is 0.331 e. The van der Waals surface area contributed by atoms with Gasteiger partial charge in [-0.2, -0.15) is 0 Å². The Morgan fingerprint density at radius 3 is 2.39 bits per heavy atom. The van der Waals surface area contributed by atoms with E-state index in [0.717, 1.165) is 11.0 Å². The monoisotopic (exact) mass is 454 g/mol. The second kappa shape index (κ2) is 11.2. The molecule has 0 saturated carbocycles. The quantitative estimate of drug-likeness (QED) is 0.460. The maximum atomic E-state index is 13.0. The van der Waals surface area contributed by atoms with E-state index >= 15 is 0 Å². The molecule has 2 amide bonds. The topological polar surface area (TPSA) is 102 Å². The Morgan fingerprint density at radius 1 is 0.939 bits per heavy atom. The van der Waals surface area contributed by atoms with Crippen LogP contribution in [0.25, 0.3) is 10.9 Å². The van der Waals surface area contributed by atoms with Crippen molar-refractivity contribution in [3.63, 3.8) is 0 Å². The number of nitrogens with zero attached hydrogens (tertiary/aromatic N) is 2. The van der Waals surface area contributed by atoms with Crippen molar-refractivity contribution < 1.29 is 14.0 Å². The van der Waals surface area contributed by atoms with Crippen molar-refractivity contribution in [2.24, 2.45) is 0 Å². The fourth-order valence-corrected chi connectivity index (χ4v) is 3.50. The third-order valence-electron chi connectivity index (χ3n) is 5.17. The Hall–Kier alpha value is -3.75. The lowest BCUT2D eigenvalue weighted by atomic mass is 10.2. The number of hydrogen-bond donors (Lipinski definition) is 2. The molecular formula is C24H27FN4O4. The molecule has 0 unspecified atom stereocenters. The number of carbonyl (C=O) groups is 2. The molecule has 9 heteroatoms. The van der Waals surface area contributed by atoms with Crippen LogP contribution in [0.2, 0.25) is 0 Å². The summed E-state index contributed by atoms with van der Waals surface area (Å²) in [6.45, 7) is 2.38. The summed E-state index contributed by atoms with van der Waals surface area (Å²) in [5.74, 6) is -0.924. The highest BCUT2D eigenvalue weighted by molar-refractivity contribution is 5.90. The molecule has 3 aromatic rings. The SMILES string of the molecule is CCCNC(=O)Cn1c(=O)n(CCCCC(=O)Nc2ccc(F)cc2)c(=O)c2ccccc21. The molecule has 0 aliphatic carbocycles. The summed E-state index contributed by atoms with van der Waals surface area (Å²) in [7, 11) is 0. The number of hydrogen-bond acceptors (Lipinski definition) is 4. The maximum absolute atomic E-state index is 13.0. The van der Waals surface area contributed by atoms with E-state index in [1.807, 2.05) is 6.92 Å². The molecule has 0 aliphatic rings. The van der Waals surface area contributed by atoms with Crippen LogP contribution >= 0.6 is 0 Å². The number of fused-ring (bicyclic) bond motifs is 1. The number of benzene rings is 2. The van der Waals surface area contributed by atoms with Crippen LogP contribution < -0.4 is 21.9 Å². The minimum Gasteiger partial charge on any atom is -0.355 e. The molecule has 0 atom stereocenters. The molecule has 1 heterocycles. The van der Waals surface area contributed by atoms with Gasteiger partial charge in [-0.3, -0.25) is 23.5 Å². The standard InChI is InChI=1S/C24H27FN4O4/c1-2-14-26-22(31)16-29-20-8-4-3-7-19(20)23(32)28(24(29)33)15-6-5-9-21(30)27-18-12-10-17(25)11-13-18/h3-4,7-8,10-13H,2,5-6,9,14-16H2,1H3,(H,26,31)(H,27,30). The van der Waals surface area contributed by atoms with Gasteiger partial charge in [0.05, 0.1) is 10.9 Å². The van der Waals surface area contributed by atoms with Gasteiger partial charge in [0.1, 0.15) is 12.4 Å². The van der Waals surface area contributed by atoms with Gasteiger partial charge in [0.25, 0.3) is 5.56 Å². The van der Waals surface area contributed by atoms with Crippen molar-refractivity contribution in [3.8, 4) is 0 Å². The Bertz CT molecular complexity index is 1250. The second-order valence-electron chi connectivity index (χ2n) is 7.70. The second-order valence-corrected chi connectivity index (χ2v) is 7.70. The molecule has 0 spiro atoms. The van der Waals surface area contributed by atoms with Crippen LogP contribution in [0.5, 0.6) is 0 Å². The number of aromatic nitrogens is 2. The molecule has 2 aromatic carbocycles. The normalized spacial score (nSPS) is 10.8. The zero-order valence-electron chi connectivity index (χ0n) is 18.5. The zero-order chi connectivity index (χ0) is 23.8. The summed E-state index contributed by atoms with van der Waals surface area (Å²) >= 11 is 0. The van der Waals surface area contributed by atoms with Crippen molar-refractivity contribution in [2.45, 2.75) is 45.7 Å². The molecule has 0 aliphatic heterocycles. The van der Waals surface area contributed by atoms with Crippen LogP contribution in [0.3, 0.4) is 0 Å². The van der Waals surface area contributed by atoms with Crippen LogP contribution in [-0.2, 0) is 22.7 Å². The number of amides is 2. The van der Waals surface area contributed by atoms with E-state index in [1.165, 1.54) is 28.8 Å². The molecule has 3 rings (SSSR count). The van der Waals surface area contributed by atoms with Gasteiger partial charge >= 0.3 is 5.69 Å². The highest BCUT2D eigenvalue weighted by Crippen LogP contribution is 2.10. The fourth-order valence-electron chi connectivity index (χ4n) is 3.50. The van der Waals surface area contributed by atoms with E-state index in [-0.39, 0.29) is 37.1 Å². The van der Waals surface area contributed by atoms with Crippen molar-refractivity contribution in [2.75, 3.05) is 11.9 Å². The highest BCUT2D eigenvalue weighted by Gasteiger charge is 2.15. The van der Waals surface area contributed by atoms with Gasteiger partial charge < -0.3 is 10.6 Å². The molecule has 174 valence electrons. The van der Waals surface area contributed by atoms with Crippen LogP contribution in [0.1, 0.15) is 32.6 Å². The average Bonchev–Trinajstić information content (AvgIpc) is 2.81. The van der Waals surface area contributed by atoms with E-state index in [9.17, 15) is 23.6 Å². The van der Waals surface area contributed by atoms with Crippen molar-refractivity contribution in [3.05, 3.63) is 75.2 Å². The lowest BCUT2D eigenvalue weighted by Gasteiger charge is -2.14. The summed E-state index contributed by atoms with van der Waals surface area (Å²) in [5, 5.41) is 5.78. The summed E-state index contributed by atoms with van der Waals surface area (Å²) in [6, 6.07) is 12.2. The van der Waals surface area contributed by atoms with E-state index < -0.39 is 11.2 Å². The van der Waals surface area contributed by atoms with E-state index in [0.29, 0.717) is 36.0 Å². The average molecular weight is 455 g/mol. The zero-order valence-corrected chi connectivity index (χ0v) is 18.5. The van der Waals surface area contributed by atoms with Crippen molar-refractivity contribution >= 4 is 28.4 Å². The maximum Gasteiger partial charge on any atom is 0.331 e. The molecule has 0 fully saturated rings. The highest BCUT2D eigenvalue weighted by atomic mass is 19.1. The van der Waals surface area contributed by atoms with Crippen LogP contribution in [0, 0.1) is 5.82 Å². The van der Waals surface area contributed by atoms with Gasteiger partial charge in [0, 0.05) is 25.2 Å². The van der Waals surface area contributed by atoms with E-state index in [4.69, 9.17) is 0 Å². The molecular weight excluding hydrogens is 427 g/mol. The number of unbranched alkanes of at least 4 members (excludes halogenated alkanes) is 1. The predicted molar refractivity (Wildman–Crippen MR) is 125 cm³/mol. The summed E-state index contributed by atoms with van der Waals surface area (Å²) in [6.07, 6.45) is 1.83. The fraction of sp³-hybridized carbons (Fsp3) is 0.333. The Balaban J connectivity index is 1.70. The first-order valence-corrected chi connectivity index (χ1v) is 10.9. The van der Waals surface area contributed by atoms with E-state index in [1.54, 1.807) is 24.3 Å². The number of anilines is 1. The lowest BCUT2D eigenvalue weighted by Crippen LogP contribution is -2.42. The largest absolute Gasteiger partial charge is 0.355 e. The van der Waals surface area contributed by atoms with Gasteiger partial charge in [0.15, 0.2) is 0 Å². The van der Waals surface area contributed by atoms with Gasteiger partial charge in [-0.05, 0) is 55.7 Å². The van der Waals surface area contributed by atoms with Crippen molar-refractivity contribution in [1.29, 1.82) is 0 Å². The molecule has 33 heavy (non-hydrogen) atoms. The molecule has 0 saturated heterocycles. The van der Waals surface area contributed by atoms with Gasteiger partial charge in [-0.1, -0.05) is 19.1 Å². The minimum atomic E-state index is -0.555. The number of para-hydroxylation sites is 1. The Labute approximate surface area is 190 Å². The van der Waals surface area contributed by atoms with Crippen LogP contribution in [0.15, 0.2) is 58.1 Å². The number of nitrogens with one attached hydrogen (secondary N) is 2. The van der Waals surface area contributed by atoms with E-state index in [2.05, 4.69) is 10.6 Å². The molecule has 1 aromatic heterocycles. The first-order valence-electron chi connectivity index (χ1n) is 10.9. The van der Waals surface area contributed by atoms with Crippen molar-refractivity contribution in [1.82, 2.24) is 14.5 Å². The summed E-state index contributed by atoms with van der Waals surface area (Å²) in [5.41, 5.74) is -0.0665.